The summed E-state index contributed by atoms with van der Waals surface area (Å²) in [6, 6.07) is 10.6. The van der Waals surface area contributed by atoms with Crippen LogP contribution >= 0.6 is 11.3 Å². The number of anilines is 1. The lowest BCUT2D eigenvalue weighted by Gasteiger charge is -2.10. The number of rotatable bonds is 5. The summed E-state index contributed by atoms with van der Waals surface area (Å²) in [5.74, 6) is -1.15. The quantitative estimate of drug-likeness (QED) is 0.504. The van der Waals surface area contributed by atoms with Crippen molar-refractivity contribution < 1.29 is 14.3 Å². The third kappa shape index (κ3) is 4.42. The Hall–Kier alpha value is -2.67. The van der Waals surface area contributed by atoms with E-state index in [0.29, 0.717) is 18.0 Å². The number of hydrogen-bond acceptors (Lipinski definition) is 5. The molecule has 7 heteroatoms. The van der Waals surface area contributed by atoms with Crippen LogP contribution in [0.5, 0.6) is 5.75 Å². The zero-order valence-corrected chi connectivity index (χ0v) is 12.7. The molecule has 1 aromatic heterocycles. The molecular weight excluding hydrogens is 302 g/mol. The molecule has 22 heavy (non-hydrogen) atoms. The van der Waals surface area contributed by atoms with E-state index in [1.54, 1.807) is 24.3 Å². The Bertz CT molecular complexity index is 668. The molecule has 0 aliphatic heterocycles. The van der Waals surface area contributed by atoms with E-state index in [0.717, 1.165) is 4.88 Å². The van der Waals surface area contributed by atoms with Gasteiger partial charge in [-0.15, -0.1) is 11.3 Å². The van der Waals surface area contributed by atoms with Gasteiger partial charge in [0.15, 0.2) is 0 Å². The van der Waals surface area contributed by atoms with Gasteiger partial charge in [0.25, 0.3) is 0 Å². The lowest BCUT2D eigenvalue weighted by atomic mass is 10.3. The maximum absolute atomic E-state index is 11.8. The van der Waals surface area contributed by atoms with Crippen LogP contribution in [0, 0.1) is 0 Å². The molecule has 6 nitrogen and oxygen atoms in total. The highest BCUT2D eigenvalue weighted by Crippen LogP contribution is 2.23. The van der Waals surface area contributed by atoms with E-state index >= 15 is 0 Å². The average molecular weight is 317 g/mol. The molecule has 0 aliphatic rings. The molecule has 2 amide bonds. The topological polar surface area (TPSA) is 79.8 Å². The first-order chi connectivity index (χ1) is 10.7. The van der Waals surface area contributed by atoms with E-state index in [1.165, 1.54) is 17.6 Å². The number of hydrazone groups is 1. The van der Waals surface area contributed by atoms with Gasteiger partial charge in [-0.3, -0.25) is 9.59 Å². The maximum Gasteiger partial charge on any atom is 0.329 e. The number of carbonyl (C=O) groups excluding carboxylic acids is 2. The zero-order valence-electron chi connectivity index (χ0n) is 11.9. The van der Waals surface area contributed by atoms with Crippen LogP contribution in [0.2, 0.25) is 0 Å². The number of carbonyl (C=O) groups is 2. The molecule has 2 aromatic rings. The van der Waals surface area contributed by atoms with Gasteiger partial charge in [0.05, 0.1) is 18.5 Å². The number of nitrogens with zero attached hydrogens (tertiary/aromatic N) is 1. The molecular formula is C15H15N3O3S. The van der Waals surface area contributed by atoms with Gasteiger partial charge in [0, 0.05) is 4.88 Å². The second-order valence-corrected chi connectivity index (χ2v) is 5.08. The summed E-state index contributed by atoms with van der Waals surface area (Å²) >= 11 is 1.48. The second kappa shape index (κ2) is 7.94. The highest BCUT2D eigenvalue weighted by Gasteiger charge is 2.14. The van der Waals surface area contributed by atoms with Gasteiger partial charge in [0.2, 0.25) is 0 Å². The molecule has 0 saturated carbocycles. The average Bonchev–Trinajstić information content (AvgIpc) is 3.02. The van der Waals surface area contributed by atoms with E-state index in [2.05, 4.69) is 15.8 Å². The van der Waals surface area contributed by atoms with E-state index in [-0.39, 0.29) is 0 Å². The van der Waals surface area contributed by atoms with E-state index < -0.39 is 11.8 Å². The molecule has 0 spiro atoms. The van der Waals surface area contributed by atoms with Crippen LogP contribution < -0.4 is 15.5 Å². The van der Waals surface area contributed by atoms with Crippen molar-refractivity contribution in [2.75, 3.05) is 11.9 Å². The normalized spacial score (nSPS) is 10.4. The molecule has 0 radical (unpaired) electrons. The van der Waals surface area contributed by atoms with Crippen molar-refractivity contribution in [3.05, 3.63) is 46.7 Å². The second-order valence-electron chi connectivity index (χ2n) is 4.10. The zero-order chi connectivity index (χ0) is 15.8. The Kier molecular flexibility index (Phi) is 5.67. The first-order valence-electron chi connectivity index (χ1n) is 6.60. The van der Waals surface area contributed by atoms with Crippen LogP contribution in [-0.2, 0) is 9.59 Å². The van der Waals surface area contributed by atoms with Crippen LogP contribution in [-0.4, -0.2) is 24.6 Å². The van der Waals surface area contributed by atoms with Crippen molar-refractivity contribution >= 4 is 35.1 Å². The van der Waals surface area contributed by atoms with Gasteiger partial charge in [-0.1, -0.05) is 18.2 Å². The molecule has 2 N–H and O–H groups in total. The smallest absolute Gasteiger partial charge is 0.329 e. The van der Waals surface area contributed by atoms with Crippen LogP contribution in [0.1, 0.15) is 11.8 Å². The molecule has 1 heterocycles. The number of para-hydroxylation sites is 2. The van der Waals surface area contributed by atoms with Crippen molar-refractivity contribution in [2.45, 2.75) is 6.92 Å². The largest absolute Gasteiger partial charge is 0.492 e. The highest BCUT2D eigenvalue weighted by molar-refractivity contribution is 7.11. The highest BCUT2D eigenvalue weighted by atomic mass is 32.1. The molecule has 0 saturated heterocycles. The van der Waals surface area contributed by atoms with Gasteiger partial charge in [-0.05, 0) is 30.5 Å². The summed E-state index contributed by atoms with van der Waals surface area (Å²) in [5, 5.41) is 8.11. The fourth-order valence-corrected chi connectivity index (χ4v) is 2.19. The van der Waals surface area contributed by atoms with Crippen molar-refractivity contribution in [1.29, 1.82) is 0 Å². The van der Waals surface area contributed by atoms with Gasteiger partial charge in [-0.2, -0.15) is 5.10 Å². The third-order valence-corrected chi connectivity index (χ3v) is 3.35. The van der Waals surface area contributed by atoms with Crippen LogP contribution in [0.3, 0.4) is 0 Å². The Balaban J connectivity index is 1.92. The van der Waals surface area contributed by atoms with Crippen LogP contribution in [0.4, 0.5) is 5.69 Å². The number of nitrogens with one attached hydrogen (secondary N) is 2. The van der Waals surface area contributed by atoms with E-state index in [4.69, 9.17) is 4.74 Å². The van der Waals surface area contributed by atoms with Crippen molar-refractivity contribution in [2.24, 2.45) is 5.10 Å². The lowest BCUT2D eigenvalue weighted by Crippen LogP contribution is -2.32. The standard InChI is InChI=1S/C15H15N3O3S/c1-2-21-13-8-4-3-7-12(13)17-14(19)15(20)18-16-10-11-6-5-9-22-11/h3-10H,2H2,1H3,(H,17,19)(H,18,20). The minimum Gasteiger partial charge on any atom is -0.492 e. The molecule has 1 aromatic carbocycles. The number of thiophene rings is 1. The Morgan fingerprint density at radius 2 is 2.05 bits per heavy atom. The molecule has 0 unspecified atom stereocenters. The minimum atomic E-state index is -0.848. The Labute approximate surface area is 131 Å². The SMILES string of the molecule is CCOc1ccccc1NC(=O)C(=O)NN=Cc1cccs1. The lowest BCUT2D eigenvalue weighted by molar-refractivity contribution is -0.136. The van der Waals surface area contributed by atoms with E-state index in [1.807, 2.05) is 24.4 Å². The fourth-order valence-electron chi connectivity index (χ4n) is 1.60. The summed E-state index contributed by atoms with van der Waals surface area (Å²) in [6.07, 6.45) is 1.48. The molecule has 114 valence electrons. The van der Waals surface area contributed by atoms with Crippen LogP contribution in [0.25, 0.3) is 0 Å². The third-order valence-electron chi connectivity index (χ3n) is 2.54. The predicted octanol–water partition coefficient (Wildman–Crippen LogP) is 2.24. The Morgan fingerprint density at radius 3 is 2.77 bits per heavy atom. The van der Waals surface area contributed by atoms with Crippen LogP contribution in [0.15, 0.2) is 46.9 Å². The van der Waals surface area contributed by atoms with Crippen molar-refractivity contribution in [3.63, 3.8) is 0 Å². The van der Waals surface area contributed by atoms with Gasteiger partial charge >= 0.3 is 11.8 Å². The first-order valence-corrected chi connectivity index (χ1v) is 7.48. The molecule has 0 atom stereocenters. The monoisotopic (exact) mass is 317 g/mol. The number of benzene rings is 1. The predicted molar refractivity (Wildman–Crippen MR) is 86.3 cm³/mol. The fraction of sp³-hybridized carbons (Fsp3) is 0.133. The summed E-state index contributed by atoms with van der Waals surface area (Å²) in [5.41, 5.74) is 2.61. The van der Waals surface area contributed by atoms with E-state index in [9.17, 15) is 9.59 Å². The maximum atomic E-state index is 11.8. The first kappa shape index (κ1) is 15.7. The molecule has 0 bridgehead atoms. The summed E-state index contributed by atoms with van der Waals surface area (Å²) in [7, 11) is 0. The van der Waals surface area contributed by atoms with Gasteiger partial charge < -0.3 is 10.1 Å². The Morgan fingerprint density at radius 1 is 1.23 bits per heavy atom. The van der Waals surface area contributed by atoms with Crippen molar-refractivity contribution in [1.82, 2.24) is 5.43 Å². The molecule has 0 aliphatic carbocycles. The molecule has 2 rings (SSSR count). The summed E-state index contributed by atoms with van der Waals surface area (Å²) in [4.78, 5) is 24.4. The van der Waals surface area contributed by atoms with Gasteiger partial charge in [0.1, 0.15) is 5.75 Å². The number of hydrogen-bond donors (Lipinski definition) is 2. The summed E-state index contributed by atoms with van der Waals surface area (Å²) < 4.78 is 5.37. The van der Waals surface area contributed by atoms with Crippen molar-refractivity contribution in [3.8, 4) is 5.75 Å². The molecule has 0 fully saturated rings. The van der Waals surface area contributed by atoms with Gasteiger partial charge in [-0.25, -0.2) is 5.43 Å². The number of ether oxygens (including phenoxy) is 1. The minimum absolute atomic E-state index is 0.437. The number of amides is 2. The summed E-state index contributed by atoms with van der Waals surface area (Å²) in [6.45, 7) is 2.30.